The van der Waals surface area contributed by atoms with E-state index in [-0.39, 0.29) is 34.4 Å². The Morgan fingerprint density at radius 2 is 1.00 bits per heavy atom. The van der Waals surface area contributed by atoms with Crippen molar-refractivity contribution in [3.63, 3.8) is 0 Å². The van der Waals surface area contributed by atoms with E-state index in [0.717, 1.165) is 32.1 Å². The number of esters is 2. The zero-order valence-electron chi connectivity index (χ0n) is 26.1. The number of carbonyl (C=O) groups excluding carboxylic acids is 2. The maximum absolute atomic E-state index is 13.5. The van der Waals surface area contributed by atoms with Gasteiger partial charge in [-0.15, -0.1) is 0 Å². The van der Waals surface area contributed by atoms with Crippen molar-refractivity contribution in [1.29, 1.82) is 0 Å². The summed E-state index contributed by atoms with van der Waals surface area (Å²) >= 11 is 0. The maximum atomic E-state index is 13.5. The van der Waals surface area contributed by atoms with E-state index in [0.29, 0.717) is 32.1 Å². The summed E-state index contributed by atoms with van der Waals surface area (Å²) in [6.45, 7) is 18.9. The minimum Gasteiger partial charge on any atom is -0.462 e. The van der Waals surface area contributed by atoms with Crippen LogP contribution in [0.5, 0.6) is 0 Å². The third-order valence-corrected chi connectivity index (χ3v) is 8.20. The van der Waals surface area contributed by atoms with Crippen LogP contribution in [0.15, 0.2) is 0 Å². The Hall–Kier alpha value is -1.22. The highest BCUT2D eigenvalue weighted by molar-refractivity contribution is 5.95. The lowest BCUT2D eigenvalue weighted by molar-refractivity contribution is -0.279. The quantitative estimate of drug-likeness (QED) is 0.164. The van der Waals surface area contributed by atoms with Gasteiger partial charge >= 0.3 is 11.9 Å². The Kier molecular flexibility index (Phi) is 11.3. The van der Waals surface area contributed by atoms with Gasteiger partial charge in [-0.1, -0.05) is 39.0 Å². The maximum Gasteiger partial charge on any atom is 0.320 e. The molecule has 0 aromatic heterocycles. The average molecular weight is 541 g/mol. The predicted molar refractivity (Wildman–Crippen MR) is 149 cm³/mol. The van der Waals surface area contributed by atoms with Gasteiger partial charge in [-0.3, -0.25) is 9.59 Å². The molecule has 0 N–H and O–H groups in total. The molecule has 0 aromatic carbocycles. The fourth-order valence-corrected chi connectivity index (χ4v) is 7.28. The Morgan fingerprint density at radius 1 is 0.658 bits per heavy atom. The van der Waals surface area contributed by atoms with Gasteiger partial charge in [0.1, 0.15) is 12.2 Å². The lowest BCUT2D eigenvalue weighted by Crippen LogP contribution is -2.62. The van der Waals surface area contributed by atoms with Crippen molar-refractivity contribution in [3.05, 3.63) is 0 Å². The number of hydrogen-bond acceptors (Lipinski definition) is 8. The van der Waals surface area contributed by atoms with Gasteiger partial charge in [-0.25, -0.2) is 0 Å². The standard InChI is InChI=1S/C30H56N2O6/c1-12-13-14-15-16-17-24(25(33)37-22-18-27(2,3)31(35-10)28(4,5)19-22)26(34)38-23-20-29(6,7)32(36-11)30(8,9)21-23/h22-24H,12-21H2,1-11H3. The van der Waals surface area contributed by atoms with E-state index >= 15 is 0 Å². The fourth-order valence-electron chi connectivity index (χ4n) is 7.28. The van der Waals surface area contributed by atoms with Crippen molar-refractivity contribution in [2.45, 2.75) is 161 Å². The highest BCUT2D eigenvalue weighted by Gasteiger charge is 2.50. The fraction of sp³-hybridized carbons (Fsp3) is 0.933. The van der Waals surface area contributed by atoms with Crippen molar-refractivity contribution in [2.75, 3.05) is 14.2 Å². The first-order valence-corrected chi connectivity index (χ1v) is 14.6. The number of hydrogen-bond donors (Lipinski definition) is 0. The molecular formula is C30H56N2O6. The van der Waals surface area contributed by atoms with E-state index in [2.05, 4.69) is 62.3 Å². The van der Waals surface area contributed by atoms with Gasteiger partial charge in [0, 0.05) is 47.8 Å². The third kappa shape index (κ3) is 8.15. The Bertz CT molecular complexity index is 700. The molecule has 0 aliphatic carbocycles. The molecule has 8 nitrogen and oxygen atoms in total. The van der Waals surface area contributed by atoms with Crippen LogP contribution < -0.4 is 0 Å². The minimum absolute atomic E-state index is 0.294. The summed E-state index contributed by atoms with van der Waals surface area (Å²) in [7, 11) is 3.36. The first kappa shape index (κ1) is 33.0. The molecule has 2 fully saturated rings. The van der Waals surface area contributed by atoms with E-state index in [1.54, 1.807) is 14.2 Å². The number of nitrogens with zero attached hydrogens (tertiary/aromatic N) is 2. The van der Waals surface area contributed by atoms with Gasteiger partial charge in [0.25, 0.3) is 0 Å². The highest BCUT2D eigenvalue weighted by Crippen LogP contribution is 2.41. The Balaban J connectivity index is 2.15. The third-order valence-electron chi connectivity index (χ3n) is 8.20. The van der Waals surface area contributed by atoms with Gasteiger partial charge < -0.3 is 19.1 Å². The Labute approximate surface area is 232 Å². The topological polar surface area (TPSA) is 77.5 Å². The first-order chi connectivity index (χ1) is 17.5. The number of unbranched alkanes of at least 4 members (excludes halogenated alkanes) is 4. The zero-order chi connectivity index (χ0) is 28.9. The number of piperidine rings is 2. The average Bonchev–Trinajstić information content (AvgIpc) is 2.73. The zero-order valence-corrected chi connectivity index (χ0v) is 26.1. The highest BCUT2D eigenvalue weighted by atomic mass is 16.7. The molecule has 0 bridgehead atoms. The molecule has 8 heteroatoms. The summed E-state index contributed by atoms with van der Waals surface area (Å²) in [4.78, 5) is 38.5. The van der Waals surface area contributed by atoms with Gasteiger partial charge in [0.2, 0.25) is 0 Å². The van der Waals surface area contributed by atoms with Crippen LogP contribution >= 0.6 is 0 Å². The molecule has 0 atom stereocenters. The van der Waals surface area contributed by atoms with Gasteiger partial charge in [-0.2, -0.15) is 10.1 Å². The minimum atomic E-state index is -0.907. The summed E-state index contributed by atoms with van der Waals surface area (Å²) in [6, 6.07) is 0. The second-order valence-corrected chi connectivity index (χ2v) is 13.9. The van der Waals surface area contributed by atoms with Gasteiger partial charge in [0.15, 0.2) is 5.92 Å². The van der Waals surface area contributed by atoms with Crippen LogP contribution in [0.4, 0.5) is 0 Å². The van der Waals surface area contributed by atoms with Crippen LogP contribution in [-0.4, -0.2) is 70.6 Å². The van der Waals surface area contributed by atoms with Crippen molar-refractivity contribution in [3.8, 4) is 0 Å². The number of carbonyl (C=O) groups is 2. The van der Waals surface area contributed by atoms with Crippen molar-refractivity contribution in [2.24, 2.45) is 5.92 Å². The largest absolute Gasteiger partial charge is 0.462 e. The summed E-state index contributed by atoms with van der Waals surface area (Å²) in [5, 5.41) is 3.97. The summed E-state index contributed by atoms with van der Waals surface area (Å²) in [6.07, 6.45) is 7.58. The van der Waals surface area contributed by atoms with Crippen LogP contribution in [0.1, 0.15) is 127 Å². The van der Waals surface area contributed by atoms with Crippen molar-refractivity contribution >= 4 is 11.9 Å². The number of rotatable bonds is 12. The summed E-state index contributed by atoms with van der Waals surface area (Å²) < 4.78 is 12.1. The van der Waals surface area contributed by atoms with Gasteiger partial charge in [0.05, 0.1) is 14.2 Å². The predicted octanol–water partition coefficient (Wildman–Crippen LogP) is 6.22. The van der Waals surface area contributed by atoms with Crippen LogP contribution in [-0.2, 0) is 28.7 Å². The molecule has 2 aliphatic heterocycles. The van der Waals surface area contributed by atoms with E-state index in [9.17, 15) is 9.59 Å². The molecule has 0 radical (unpaired) electrons. The van der Waals surface area contributed by atoms with E-state index < -0.39 is 17.9 Å². The molecule has 38 heavy (non-hydrogen) atoms. The summed E-state index contributed by atoms with van der Waals surface area (Å²) in [5.41, 5.74) is -1.26. The van der Waals surface area contributed by atoms with Crippen LogP contribution in [0.25, 0.3) is 0 Å². The number of hydroxylamine groups is 4. The monoisotopic (exact) mass is 540 g/mol. The first-order valence-electron chi connectivity index (χ1n) is 14.6. The lowest BCUT2D eigenvalue weighted by Gasteiger charge is -2.53. The summed E-state index contributed by atoms with van der Waals surface area (Å²) in [5.74, 6) is -1.82. The second-order valence-electron chi connectivity index (χ2n) is 13.9. The molecule has 0 unspecified atom stereocenters. The molecule has 2 saturated heterocycles. The second kappa shape index (κ2) is 13.0. The molecule has 0 saturated carbocycles. The van der Waals surface area contributed by atoms with Crippen LogP contribution in [0.2, 0.25) is 0 Å². The molecule has 222 valence electrons. The number of ether oxygens (including phenoxy) is 2. The van der Waals surface area contributed by atoms with E-state index in [4.69, 9.17) is 19.1 Å². The molecule has 2 rings (SSSR count). The molecule has 0 amide bonds. The van der Waals surface area contributed by atoms with Crippen LogP contribution in [0, 0.1) is 5.92 Å². The van der Waals surface area contributed by atoms with E-state index in [1.807, 2.05) is 10.1 Å². The van der Waals surface area contributed by atoms with Crippen LogP contribution in [0.3, 0.4) is 0 Å². The molecular weight excluding hydrogens is 484 g/mol. The lowest BCUT2D eigenvalue weighted by atomic mass is 9.80. The molecule has 2 heterocycles. The smallest absolute Gasteiger partial charge is 0.320 e. The SMILES string of the molecule is CCCCCCCC(C(=O)OC1CC(C)(C)N(OC)C(C)(C)C1)C(=O)OC1CC(C)(C)N(OC)C(C)(C)C1. The Morgan fingerprint density at radius 3 is 1.32 bits per heavy atom. The van der Waals surface area contributed by atoms with Gasteiger partial charge in [-0.05, 0) is 61.8 Å². The van der Waals surface area contributed by atoms with Crippen molar-refractivity contribution in [1.82, 2.24) is 10.1 Å². The molecule has 2 aliphatic rings. The van der Waals surface area contributed by atoms with Crippen molar-refractivity contribution < 1.29 is 28.7 Å². The normalized spacial score (nSPS) is 23.9. The molecule has 0 spiro atoms. The van der Waals surface area contributed by atoms with E-state index in [1.165, 1.54) is 0 Å². The molecule has 0 aromatic rings.